The van der Waals surface area contributed by atoms with Gasteiger partial charge in [-0.15, -0.1) is 0 Å². The maximum atomic E-state index is 13.1. The summed E-state index contributed by atoms with van der Waals surface area (Å²) in [7, 11) is 0. The number of benzene rings is 2. The fourth-order valence-electron chi connectivity index (χ4n) is 3.54. The molecule has 0 saturated carbocycles. The Morgan fingerprint density at radius 2 is 1.63 bits per heavy atom. The van der Waals surface area contributed by atoms with Crippen LogP contribution in [0.1, 0.15) is 24.2 Å². The summed E-state index contributed by atoms with van der Waals surface area (Å²) in [5.41, 5.74) is 6.89. The van der Waals surface area contributed by atoms with Crippen molar-refractivity contribution >= 4 is 34.4 Å². The molecule has 4 rings (SSSR count). The molecule has 9 nitrogen and oxygen atoms in total. The van der Waals surface area contributed by atoms with Crippen molar-refractivity contribution in [1.29, 1.82) is 0 Å². The largest absolute Gasteiger partial charge is 0.463 e. The quantitative estimate of drug-likeness (QED) is 0.315. The lowest BCUT2D eigenvalue weighted by Gasteiger charge is -2.22. The number of pyridine rings is 1. The van der Waals surface area contributed by atoms with Crippen LogP contribution in [0.4, 0.5) is 10.5 Å². The van der Waals surface area contributed by atoms with Gasteiger partial charge in [-0.2, -0.15) is 0 Å². The zero-order valence-electron chi connectivity index (χ0n) is 19.2. The van der Waals surface area contributed by atoms with E-state index in [0.717, 1.165) is 0 Å². The summed E-state index contributed by atoms with van der Waals surface area (Å²) in [5, 5.41) is 5.95. The van der Waals surface area contributed by atoms with Crippen molar-refractivity contribution in [2.45, 2.75) is 19.9 Å². The minimum atomic E-state index is -0.883. The van der Waals surface area contributed by atoms with E-state index >= 15 is 0 Å². The van der Waals surface area contributed by atoms with Crippen LogP contribution < -0.4 is 21.5 Å². The summed E-state index contributed by atoms with van der Waals surface area (Å²) in [6.07, 6.45) is 1.53. The van der Waals surface area contributed by atoms with Crippen LogP contribution in [0.3, 0.4) is 0 Å². The minimum Gasteiger partial charge on any atom is -0.463 e. The molecule has 0 radical (unpaired) electrons. The molecule has 0 spiro atoms. The zero-order valence-corrected chi connectivity index (χ0v) is 19.2. The van der Waals surface area contributed by atoms with Crippen LogP contribution in [-0.4, -0.2) is 28.9 Å². The third kappa shape index (κ3) is 5.64. The molecule has 0 aliphatic heterocycles. The van der Waals surface area contributed by atoms with Gasteiger partial charge < -0.3 is 15.1 Å². The third-order valence-electron chi connectivity index (χ3n) is 5.30. The number of amides is 4. The number of urea groups is 1. The van der Waals surface area contributed by atoms with Crippen LogP contribution >= 0.6 is 0 Å². The number of hydrazine groups is 1. The van der Waals surface area contributed by atoms with Gasteiger partial charge in [0.25, 0.3) is 11.8 Å². The molecule has 4 aromatic rings. The number of carbonyl (C=O) groups is 3. The summed E-state index contributed by atoms with van der Waals surface area (Å²) < 4.78 is 5.43. The van der Waals surface area contributed by atoms with E-state index in [-0.39, 0.29) is 5.92 Å². The molecule has 4 amide bonds. The first-order valence-corrected chi connectivity index (χ1v) is 11.1. The SMILES string of the molecule is CC(C)C(NC(=O)Nc1ccccc1)C(=O)NNC(=O)c1cc(-c2ccco2)nc2ccccc12. The molecule has 2 aromatic heterocycles. The Morgan fingerprint density at radius 1 is 0.886 bits per heavy atom. The standard InChI is InChI=1S/C26H25N5O4/c1-16(2)23(29-26(34)27-17-9-4-3-5-10-17)25(33)31-30-24(32)19-15-21(22-13-8-14-35-22)28-20-12-7-6-11-18(19)20/h3-16,23H,1-2H3,(H,30,32)(H,31,33)(H2,27,29,34). The molecule has 0 saturated heterocycles. The van der Waals surface area contributed by atoms with Gasteiger partial charge in [0, 0.05) is 11.1 Å². The average molecular weight is 472 g/mol. The van der Waals surface area contributed by atoms with Crippen LogP contribution in [0.15, 0.2) is 83.5 Å². The monoisotopic (exact) mass is 471 g/mol. The molecule has 0 fully saturated rings. The molecule has 1 unspecified atom stereocenters. The number of fused-ring (bicyclic) bond motifs is 1. The molecule has 1 atom stereocenters. The van der Waals surface area contributed by atoms with Gasteiger partial charge in [0.05, 0.1) is 17.3 Å². The Kier molecular flexibility index (Phi) is 7.06. The number of furan rings is 1. The van der Waals surface area contributed by atoms with Gasteiger partial charge in [-0.25, -0.2) is 9.78 Å². The number of carbonyl (C=O) groups excluding carboxylic acids is 3. The Hall–Kier alpha value is -4.66. The van der Waals surface area contributed by atoms with Gasteiger partial charge >= 0.3 is 6.03 Å². The van der Waals surface area contributed by atoms with Crippen molar-refractivity contribution in [2.75, 3.05) is 5.32 Å². The smallest absolute Gasteiger partial charge is 0.319 e. The number of para-hydroxylation sites is 2. The number of anilines is 1. The van der Waals surface area contributed by atoms with Crippen molar-refractivity contribution < 1.29 is 18.8 Å². The highest BCUT2D eigenvalue weighted by atomic mass is 16.3. The van der Waals surface area contributed by atoms with Crippen molar-refractivity contribution in [1.82, 2.24) is 21.2 Å². The maximum Gasteiger partial charge on any atom is 0.319 e. The lowest BCUT2D eigenvalue weighted by molar-refractivity contribution is -0.124. The highest BCUT2D eigenvalue weighted by molar-refractivity contribution is 6.07. The Balaban J connectivity index is 1.47. The summed E-state index contributed by atoms with van der Waals surface area (Å²) in [6.45, 7) is 3.59. The Bertz CT molecular complexity index is 1340. The van der Waals surface area contributed by atoms with Gasteiger partial charge in [-0.3, -0.25) is 20.4 Å². The third-order valence-corrected chi connectivity index (χ3v) is 5.30. The molecule has 2 aromatic carbocycles. The van der Waals surface area contributed by atoms with Crippen molar-refractivity contribution in [3.63, 3.8) is 0 Å². The summed E-state index contributed by atoms with van der Waals surface area (Å²) >= 11 is 0. The van der Waals surface area contributed by atoms with Crippen LogP contribution in [-0.2, 0) is 4.79 Å². The number of hydrogen-bond donors (Lipinski definition) is 4. The van der Waals surface area contributed by atoms with E-state index in [1.165, 1.54) is 6.26 Å². The molecule has 0 aliphatic carbocycles. The predicted octanol–water partition coefficient (Wildman–Crippen LogP) is 4.10. The Morgan fingerprint density at radius 3 is 2.34 bits per heavy atom. The van der Waals surface area contributed by atoms with Gasteiger partial charge in [0.1, 0.15) is 11.7 Å². The second kappa shape index (κ2) is 10.5. The van der Waals surface area contributed by atoms with Crippen molar-refractivity contribution in [3.05, 3.63) is 84.6 Å². The molecule has 35 heavy (non-hydrogen) atoms. The fraction of sp³-hybridized carbons (Fsp3) is 0.154. The first-order valence-electron chi connectivity index (χ1n) is 11.1. The van der Waals surface area contributed by atoms with E-state index in [4.69, 9.17) is 4.42 Å². The molecule has 4 N–H and O–H groups in total. The number of nitrogens with zero attached hydrogens (tertiary/aromatic N) is 1. The summed E-state index contributed by atoms with van der Waals surface area (Å²) in [4.78, 5) is 42.8. The molecule has 0 bridgehead atoms. The second-order valence-electron chi connectivity index (χ2n) is 8.18. The molecule has 0 aliphatic rings. The lowest BCUT2D eigenvalue weighted by atomic mass is 10.0. The average Bonchev–Trinajstić information content (AvgIpc) is 3.40. The van der Waals surface area contributed by atoms with E-state index in [2.05, 4.69) is 26.5 Å². The maximum absolute atomic E-state index is 13.1. The van der Waals surface area contributed by atoms with E-state index in [0.29, 0.717) is 33.6 Å². The van der Waals surface area contributed by atoms with Gasteiger partial charge in [0.15, 0.2) is 5.76 Å². The Labute approximate surface area is 201 Å². The van der Waals surface area contributed by atoms with Gasteiger partial charge in [-0.05, 0) is 42.3 Å². The van der Waals surface area contributed by atoms with Crippen molar-refractivity contribution in [3.8, 4) is 11.5 Å². The lowest BCUT2D eigenvalue weighted by Crippen LogP contribution is -2.55. The minimum absolute atomic E-state index is 0.235. The van der Waals surface area contributed by atoms with Crippen LogP contribution in [0, 0.1) is 5.92 Å². The van der Waals surface area contributed by atoms with Gasteiger partial charge in [-0.1, -0.05) is 50.2 Å². The zero-order chi connectivity index (χ0) is 24.8. The molecular weight excluding hydrogens is 446 g/mol. The second-order valence-corrected chi connectivity index (χ2v) is 8.18. The van der Waals surface area contributed by atoms with Gasteiger partial charge in [0.2, 0.25) is 0 Å². The number of hydrogen-bond acceptors (Lipinski definition) is 5. The van der Waals surface area contributed by atoms with E-state index in [1.807, 2.05) is 12.1 Å². The first-order chi connectivity index (χ1) is 16.9. The van der Waals surface area contributed by atoms with Crippen LogP contribution in [0.5, 0.6) is 0 Å². The van der Waals surface area contributed by atoms with Crippen LogP contribution in [0.2, 0.25) is 0 Å². The van der Waals surface area contributed by atoms with E-state index < -0.39 is 23.9 Å². The predicted molar refractivity (Wildman–Crippen MR) is 132 cm³/mol. The normalized spacial score (nSPS) is 11.6. The van der Waals surface area contributed by atoms with E-state index in [1.54, 1.807) is 74.5 Å². The highest BCUT2D eigenvalue weighted by Crippen LogP contribution is 2.25. The molecule has 2 heterocycles. The van der Waals surface area contributed by atoms with E-state index in [9.17, 15) is 14.4 Å². The number of nitrogens with one attached hydrogen (secondary N) is 4. The molecule has 178 valence electrons. The van der Waals surface area contributed by atoms with Crippen molar-refractivity contribution in [2.24, 2.45) is 5.92 Å². The molecule has 9 heteroatoms. The fourth-order valence-corrected chi connectivity index (χ4v) is 3.54. The number of rotatable bonds is 6. The van der Waals surface area contributed by atoms with Crippen LogP contribution in [0.25, 0.3) is 22.4 Å². The topological polar surface area (TPSA) is 125 Å². The molecular formula is C26H25N5O4. The highest BCUT2D eigenvalue weighted by Gasteiger charge is 2.25. The first kappa shape index (κ1) is 23.5. The summed E-state index contributed by atoms with van der Waals surface area (Å²) in [5.74, 6) is -0.801. The summed E-state index contributed by atoms with van der Waals surface area (Å²) in [6, 6.07) is 19.8. The number of aromatic nitrogens is 1.